The van der Waals surface area contributed by atoms with Crippen LogP contribution in [0.2, 0.25) is 0 Å². The van der Waals surface area contributed by atoms with Gasteiger partial charge in [0.2, 0.25) is 5.91 Å². The Hall–Kier alpha value is -1.79. The maximum atomic E-state index is 11.7. The fourth-order valence-electron chi connectivity index (χ4n) is 1.48. The highest BCUT2D eigenvalue weighted by atomic mass is 35.5. The molecule has 0 unspecified atom stereocenters. The van der Waals surface area contributed by atoms with E-state index in [9.17, 15) is 9.59 Å². The molecule has 0 radical (unpaired) electrons. The smallest absolute Gasteiger partial charge is 0.337 e. The second-order valence-electron chi connectivity index (χ2n) is 4.65. The number of carbonyl (C=O) groups is 2. The summed E-state index contributed by atoms with van der Waals surface area (Å²) in [6, 6.07) is 4.03. The molecule has 0 bridgehead atoms. The zero-order chi connectivity index (χ0) is 15.3. The summed E-state index contributed by atoms with van der Waals surface area (Å²) >= 11 is 0. The zero-order valence-corrected chi connectivity index (χ0v) is 13.3. The molecule has 6 nitrogen and oxygen atoms in total. The van der Waals surface area contributed by atoms with Gasteiger partial charge in [0.15, 0.2) is 0 Å². The molecule has 0 spiro atoms. The number of carbonyl (C=O) groups excluding carboxylic acids is 2. The summed E-state index contributed by atoms with van der Waals surface area (Å²) in [7, 11) is 1.29. The quantitative estimate of drug-likeness (QED) is 0.810. The molecule has 0 aliphatic heterocycles. The van der Waals surface area contributed by atoms with Gasteiger partial charge in [-0.3, -0.25) is 4.79 Å². The highest BCUT2D eigenvalue weighted by Gasteiger charge is 2.15. The van der Waals surface area contributed by atoms with E-state index in [0.29, 0.717) is 17.0 Å². The highest BCUT2D eigenvalue weighted by Crippen LogP contribution is 2.27. The summed E-state index contributed by atoms with van der Waals surface area (Å²) in [4.78, 5) is 23.2. The Kier molecular flexibility index (Phi) is 7.76. The number of amides is 1. The highest BCUT2D eigenvalue weighted by molar-refractivity contribution is 5.98. The van der Waals surface area contributed by atoms with Crippen molar-refractivity contribution in [3.8, 4) is 5.75 Å². The molecule has 0 aliphatic carbocycles. The summed E-state index contributed by atoms with van der Waals surface area (Å²) in [5.41, 5.74) is 6.23. The van der Waals surface area contributed by atoms with Crippen molar-refractivity contribution in [2.75, 3.05) is 12.4 Å². The normalized spacial score (nSPS) is 11.3. The minimum atomic E-state index is -0.663. The average molecular weight is 317 g/mol. The molecule has 1 aromatic carbocycles. The van der Waals surface area contributed by atoms with E-state index >= 15 is 0 Å². The van der Waals surface area contributed by atoms with E-state index < -0.39 is 12.0 Å². The second kappa shape index (κ2) is 8.49. The number of nitrogens with two attached hydrogens (primary N) is 1. The van der Waals surface area contributed by atoms with Crippen LogP contribution in [0.3, 0.4) is 0 Å². The average Bonchev–Trinajstić information content (AvgIpc) is 2.39. The molecule has 1 aromatic rings. The summed E-state index contributed by atoms with van der Waals surface area (Å²) in [5, 5.41) is 2.64. The van der Waals surface area contributed by atoms with E-state index in [4.69, 9.17) is 10.5 Å². The number of esters is 1. The van der Waals surface area contributed by atoms with Crippen LogP contribution in [0.1, 0.15) is 31.1 Å². The molecule has 1 atom stereocenters. The number of hydrogen-bond donors (Lipinski definition) is 2. The summed E-state index contributed by atoms with van der Waals surface area (Å²) < 4.78 is 10.2. The van der Waals surface area contributed by atoms with Crippen LogP contribution in [-0.4, -0.2) is 31.1 Å². The van der Waals surface area contributed by atoms with Crippen molar-refractivity contribution in [2.45, 2.75) is 32.9 Å². The summed E-state index contributed by atoms with van der Waals surface area (Å²) in [6.07, 6.45) is -0.0649. The van der Waals surface area contributed by atoms with E-state index in [1.54, 1.807) is 19.1 Å². The molecule has 1 amide bonds. The lowest BCUT2D eigenvalue weighted by Gasteiger charge is -2.16. The number of ether oxygens (including phenoxy) is 2. The van der Waals surface area contributed by atoms with Crippen molar-refractivity contribution in [3.05, 3.63) is 23.8 Å². The lowest BCUT2D eigenvalue weighted by molar-refractivity contribution is -0.117. The maximum Gasteiger partial charge on any atom is 0.337 e. The molecule has 0 fully saturated rings. The van der Waals surface area contributed by atoms with E-state index in [1.165, 1.54) is 13.2 Å². The molecule has 0 saturated heterocycles. The summed E-state index contributed by atoms with van der Waals surface area (Å²) in [6.45, 7) is 5.30. The topological polar surface area (TPSA) is 90.6 Å². The van der Waals surface area contributed by atoms with Gasteiger partial charge in [-0.05, 0) is 39.0 Å². The van der Waals surface area contributed by atoms with Crippen LogP contribution in [0.4, 0.5) is 5.69 Å². The van der Waals surface area contributed by atoms with Gasteiger partial charge in [0.1, 0.15) is 5.75 Å². The molecule has 0 aliphatic rings. The van der Waals surface area contributed by atoms with Crippen LogP contribution in [-0.2, 0) is 9.53 Å². The number of anilines is 1. The standard InChI is InChI=1S/C14H20N2O4.ClH/c1-8(2)20-12-6-5-10(14(18)19-4)7-11(12)16-13(17)9(3)15;/h5-9H,15H2,1-4H3,(H,16,17);1H/t9-;/m0./s1. The second-order valence-corrected chi connectivity index (χ2v) is 4.65. The largest absolute Gasteiger partial charge is 0.489 e. The van der Waals surface area contributed by atoms with Crippen molar-refractivity contribution in [1.82, 2.24) is 0 Å². The Balaban J connectivity index is 0.00000400. The van der Waals surface area contributed by atoms with Gasteiger partial charge < -0.3 is 20.5 Å². The van der Waals surface area contributed by atoms with Crippen LogP contribution < -0.4 is 15.8 Å². The van der Waals surface area contributed by atoms with Crippen molar-refractivity contribution in [3.63, 3.8) is 0 Å². The Labute approximate surface area is 130 Å². The number of nitrogens with one attached hydrogen (secondary N) is 1. The molecule has 0 aromatic heterocycles. The first-order chi connectivity index (χ1) is 9.35. The van der Waals surface area contributed by atoms with Crippen LogP contribution in [0.25, 0.3) is 0 Å². The van der Waals surface area contributed by atoms with Crippen molar-refractivity contribution >= 4 is 30.0 Å². The van der Waals surface area contributed by atoms with E-state index in [2.05, 4.69) is 10.1 Å². The summed E-state index contributed by atoms with van der Waals surface area (Å²) in [5.74, 6) is -0.375. The third kappa shape index (κ3) is 5.61. The first kappa shape index (κ1) is 19.2. The van der Waals surface area contributed by atoms with Crippen molar-refractivity contribution in [1.29, 1.82) is 0 Å². The fourth-order valence-corrected chi connectivity index (χ4v) is 1.48. The molecular formula is C14H21ClN2O4. The lowest BCUT2D eigenvalue weighted by atomic mass is 10.1. The number of methoxy groups -OCH3 is 1. The Bertz CT molecular complexity index is 504. The van der Waals surface area contributed by atoms with Gasteiger partial charge in [-0.1, -0.05) is 0 Å². The Morgan fingerprint density at radius 2 is 1.86 bits per heavy atom. The predicted molar refractivity (Wildman–Crippen MR) is 83.1 cm³/mol. The van der Waals surface area contributed by atoms with E-state index in [-0.39, 0.29) is 24.4 Å². The molecule has 118 valence electrons. The third-order valence-corrected chi connectivity index (χ3v) is 2.43. The van der Waals surface area contributed by atoms with Crippen molar-refractivity contribution in [2.24, 2.45) is 5.73 Å². The first-order valence-electron chi connectivity index (χ1n) is 6.30. The molecule has 0 heterocycles. The molecule has 0 saturated carbocycles. The predicted octanol–water partition coefficient (Wildman–Crippen LogP) is 1.97. The van der Waals surface area contributed by atoms with Gasteiger partial charge in [-0.2, -0.15) is 0 Å². The van der Waals surface area contributed by atoms with Crippen LogP contribution in [0.5, 0.6) is 5.75 Å². The SMILES string of the molecule is COC(=O)c1ccc(OC(C)C)c(NC(=O)[C@H](C)N)c1.Cl. The number of hydrogen-bond acceptors (Lipinski definition) is 5. The number of halogens is 1. The monoisotopic (exact) mass is 316 g/mol. The minimum Gasteiger partial charge on any atom is -0.489 e. The lowest BCUT2D eigenvalue weighted by Crippen LogP contribution is -2.32. The van der Waals surface area contributed by atoms with E-state index in [1.807, 2.05) is 13.8 Å². The maximum absolute atomic E-state index is 11.7. The number of benzene rings is 1. The van der Waals surface area contributed by atoms with Crippen molar-refractivity contribution < 1.29 is 19.1 Å². The van der Waals surface area contributed by atoms with Gasteiger partial charge in [0.25, 0.3) is 0 Å². The zero-order valence-electron chi connectivity index (χ0n) is 12.5. The molecule has 21 heavy (non-hydrogen) atoms. The van der Waals surface area contributed by atoms with Gasteiger partial charge in [0.05, 0.1) is 30.5 Å². The van der Waals surface area contributed by atoms with Crippen LogP contribution in [0, 0.1) is 0 Å². The third-order valence-electron chi connectivity index (χ3n) is 2.43. The van der Waals surface area contributed by atoms with Crippen LogP contribution >= 0.6 is 12.4 Å². The number of rotatable bonds is 5. The molecule has 3 N–H and O–H groups in total. The van der Waals surface area contributed by atoms with Gasteiger partial charge in [-0.15, -0.1) is 12.4 Å². The fraction of sp³-hybridized carbons (Fsp3) is 0.429. The van der Waals surface area contributed by atoms with Gasteiger partial charge >= 0.3 is 5.97 Å². The van der Waals surface area contributed by atoms with Crippen LogP contribution in [0.15, 0.2) is 18.2 Å². The Morgan fingerprint density at radius 3 is 2.33 bits per heavy atom. The molecule has 7 heteroatoms. The molecular weight excluding hydrogens is 296 g/mol. The molecule has 1 rings (SSSR count). The Morgan fingerprint density at radius 1 is 1.24 bits per heavy atom. The van der Waals surface area contributed by atoms with E-state index in [0.717, 1.165) is 0 Å². The first-order valence-corrected chi connectivity index (χ1v) is 6.30. The van der Waals surface area contributed by atoms with Gasteiger partial charge in [-0.25, -0.2) is 4.79 Å². The van der Waals surface area contributed by atoms with Gasteiger partial charge in [0, 0.05) is 0 Å². The minimum absolute atomic E-state index is 0.